The lowest BCUT2D eigenvalue weighted by molar-refractivity contribution is -0.173. The number of hydroxylamine groups is 2. The van der Waals surface area contributed by atoms with Gasteiger partial charge in [0, 0.05) is 68.7 Å². The predicted octanol–water partition coefficient (Wildman–Crippen LogP) is 6.06. The summed E-state index contributed by atoms with van der Waals surface area (Å²) in [5, 5.41) is 28.3. The number of hydrogen-bond acceptors (Lipinski definition) is 9. The summed E-state index contributed by atoms with van der Waals surface area (Å²) in [4.78, 5) is 51.6. The van der Waals surface area contributed by atoms with Gasteiger partial charge in [0.05, 0.1) is 31.4 Å². The fourth-order valence-electron chi connectivity index (χ4n) is 8.24. The summed E-state index contributed by atoms with van der Waals surface area (Å²) in [6, 6.07) is 17.2. The molecule has 1 aliphatic heterocycles. The highest BCUT2D eigenvalue weighted by atomic mass is 16.7. The van der Waals surface area contributed by atoms with Gasteiger partial charge in [-0.15, -0.1) is 0 Å². The molecule has 302 valence electrons. The van der Waals surface area contributed by atoms with Crippen LogP contribution in [0.2, 0.25) is 0 Å². The number of anilines is 1. The third-order valence-corrected chi connectivity index (χ3v) is 11.9. The Morgan fingerprint density at radius 2 is 1.80 bits per heavy atom. The molecule has 56 heavy (non-hydrogen) atoms. The molecule has 0 spiro atoms. The standard InChI is InChI=1S/C44H59N5O7/c1-26-21-44(4,5)27(2)17-34(26)23-47-42(52)39-38(28(3)50)37(24-46-22-29-13-15-30(16-14-29)43(53)54)56-49(39)25-31-11-10-12-36(40(31)55-9)32-18-33(41(51)45-6)20-35(19-32)48(7)8/h10-16,18-20,23,26-28,34,37-39,46,50H,17,21-22,24-25H2,1-9H3,(H,45,51)(H,53,54)/t26?,27-,28+,34?,37+,38?,39+/m1/s1. The molecule has 3 unspecified atom stereocenters. The number of nitrogens with one attached hydrogen (secondary N) is 2. The lowest BCUT2D eigenvalue weighted by Gasteiger charge is -2.43. The molecule has 3 aromatic carbocycles. The SMILES string of the molecule is CNC(=O)c1cc(-c2cccc(CN3O[C@@H](CNCc4ccc(C(=O)O)cc4)C([C@H](C)O)[C@H]3C(=O)N=CC3C[C@@H](C)C(C)(C)CC3C)c2OC)cc(N(C)C)c1. The van der Waals surface area contributed by atoms with Crippen molar-refractivity contribution in [3.63, 3.8) is 0 Å². The van der Waals surface area contributed by atoms with Crippen molar-refractivity contribution in [2.24, 2.45) is 34.1 Å². The highest BCUT2D eigenvalue weighted by Gasteiger charge is 2.49. The number of aliphatic hydroxyl groups excluding tert-OH is 1. The zero-order chi connectivity index (χ0) is 40.9. The van der Waals surface area contributed by atoms with Crippen LogP contribution in [0, 0.1) is 29.1 Å². The van der Waals surface area contributed by atoms with Crippen molar-refractivity contribution in [3.8, 4) is 16.9 Å². The van der Waals surface area contributed by atoms with E-state index in [-0.39, 0.29) is 35.3 Å². The molecular weight excluding hydrogens is 711 g/mol. The number of hydrogen-bond donors (Lipinski definition) is 4. The van der Waals surface area contributed by atoms with Crippen LogP contribution in [0.3, 0.4) is 0 Å². The van der Waals surface area contributed by atoms with Crippen molar-refractivity contribution < 1.29 is 34.2 Å². The maximum absolute atomic E-state index is 14.3. The topological polar surface area (TPSA) is 153 Å². The highest BCUT2D eigenvalue weighted by molar-refractivity contribution is 5.97. The largest absolute Gasteiger partial charge is 0.496 e. The van der Waals surface area contributed by atoms with Crippen LogP contribution in [0.5, 0.6) is 5.75 Å². The number of carbonyl (C=O) groups is 3. The molecule has 1 aliphatic carbocycles. The van der Waals surface area contributed by atoms with Crippen LogP contribution >= 0.6 is 0 Å². The Bertz CT molecular complexity index is 1890. The normalized spacial score (nSPS) is 24.2. The second-order valence-electron chi connectivity index (χ2n) is 16.4. The lowest BCUT2D eigenvalue weighted by atomic mass is 9.62. The van der Waals surface area contributed by atoms with Gasteiger partial charge in [-0.3, -0.25) is 14.4 Å². The van der Waals surface area contributed by atoms with Gasteiger partial charge in [0.1, 0.15) is 11.8 Å². The van der Waals surface area contributed by atoms with Crippen LogP contribution in [0.25, 0.3) is 11.1 Å². The summed E-state index contributed by atoms with van der Waals surface area (Å²) in [7, 11) is 7.03. The van der Waals surface area contributed by atoms with Gasteiger partial charge in [0.2, 0.25) is 0 Å². The molecule has 0 bridgehead atoms. The van der Waals surface area contributed by atoms with E-state index in [1.54, 1.807) is 50.4 Å². The Morgan fingerprint density at radius 1 is 1.09 bits per heavy atom. The number of aromatic carboxylic acids is 1. The van der Waals surface area contributed by atoms with E-state index < -0.39 is 30.1 Å². The van der Waals surface area contributed by atoms with E-state index in [2.05, 4.69) is 43.3 Å². The first-order valence-electron chi connectivity index (χ1n) is 19.5. The van der Waals surface area contributed by atoms with Crippen molar-refractivity contribution in [1.29, 1.82) is 0 Å². The average molecular weight is 770 g/mol. The van der Waals surface area contributed by atoms with Crippen LogP contribution in [0.4, 0.5) is 5.69 Å². The molecule has 1 saturated heterocycles. The van der Waals surface area contributed by atoms with E-state index in [1.165, 1.54) is 0 Å². The fourth-order valence-corrected chi connectivity index (χ4v) is 8.24. The third-order valence-electron chi connectivity index (χ3n) is 11.9. The van der Waals surface area contributed by atoms with Crippen molar-refractivity contribution in [2.75, 3.05) is 39.7 Å². The van der Waals surface area contributed by atoms with Crippen LogP contribution in [-0.2, 0) is 22.7 Å². The Kier molecular flexibility index (Phi) is 13.7. The zero-order valence-corrected chi connectivity index (χ0v) is 34.2. The number of carboxylic acid groups (broad SMARTS) is 1. The number of aliphatic hydroxyl groups is 1. The quantitative estimate of drug-likeness (QED) is 0.142. The van der Waals surface area contributed by atoms with E-state index >= 15 is 0 Å². The van der Waals surface area contributed by atoms with E-state index in [0.29, 0.717) is 36.2 Å². The molecule has 2 fully saturated rings. The first-order valence-corrected chi connectivity index (χ1v) is 19.5. The summed E-state index contributed by atoms with van der Waals surface area (Å²) < 4.78 is 6.06. The smallest absolute Gasteiger partial charge is 0.335 e. The molecule has 12 nitrogen and oxygen atoms in total. The first kappa shape index (κ1) is 42.5. The van der Waals surface area contributed by atoms with Gasteiger partial charge in [0.15, 0.2) is 0 Å². The average Bonchev–Trinajstić information content (AvgIpc) is 3.52. The van der Waals surface area contributed by atoms with Crippen LogP contribution in [-0.4, -0.2) is 92.3 Å². The van der Waals surface area contributed by atoms with Gasteiger partial charge in [-0.2, -0.15) is 5.06 Å². The maximum atomic E-state index is 14.3. The van der Waals surface area contributed by atoms with Crippen molar-refractivity contribution in [1.82, 2.24) is 15.7 Å². The predicted molar refractivity (Wildman–Crippen MR) is 219 cm³/mol. The summed E-state index contributed by atoms with van der Waals surface area (Å²) in [6.07, 6.45) is 2.30. The van der Waals surface area contributed by atoms with Crippen LogP contribution in [0.15, 0.2) is 65.7 Å². The third kappa shape index (κ3) is 9.66. The highest BCUT2D eigenvalue weighted by Crippen LogP contribution is 2.45. The minimum atomic E-state index is -0.990. The number of benzene rings is 3. The number of carbonyl (C=O) groups excluding carboxylic acids is 2. The number of para-hydroxylation sites is 1. The summed E-state index contributed by atoms with van der Waals surface area (Å²) >= 11 is 0. The van der Waals surface area contributed by atoms with E-state index in [4.69, 9.17) is 9.57 Å². The van der Waals surface area contributed by atoms with Gasteiger partial charge < -0.3 is 30.5 Å². The number of amides is 2. The van der Waals surface area contributed by atoms with Crippen molar-refractivity contribution in [2.45, 2.75) is 78.8 Å². The van der Waals surface area contributed by atoms with Gasteiger partial charge in [-0.05, 0) is 84.4 Å². The second kappa shape index (κ2) is 18.1. The summed E-state index contributed by atoms with van der Waals surface area (Å²) in [6.45, 7) is 11.7. The number of methoxy groups -OCH3 is 1. The number of ether oxygens (including phenoxy) is 1. The molecule has 3 aromatic rings. The molecule has 4 N–H and O–H groups in total. The minimum absolute atomic E-state index is 0.153. The molecule has 7 atom stereocenters. The molecule has 5 rings (SSSR count). The Hall–Kier alpha value is -4.62. The molecule has 1 heterocycles. The van der Waals surface area contributed by atoms with Crippen LogP contribution in [0.1, 0.15) is 79.3 Å². The fraction of sp³-hybridized carbons (Fsp3) is 0.500. The minimum Gasteiger partial charge on any atom is -0.496 e. The molecule has 12 heteroatoms. The van der Waals surface area contributed by atoms with Crippen molar-refractivity contribution >= 4 is 29.7 Å². The molecule has 0 aromatic heterocycles. The van der Waals surface area contributed by atoms with Gasteiger partial charge in [0.25, 0.3) is 11.8 Å². The molecular formula is C44H59N5O7. The van der Waals surface area contributed by atoms with Gasteiger partial charge >= 0.3 is 5.97 Å². The molecule has 0 radical (unpaired) electrons. The van der Waals surface area contributed by atoms with Gasteiger partial charge in [-0.1, -0.05) is 58.0 Å². The van der Waals surface area contributed by atoms with Gasteiger partial charge in [-0.25, -0.2) is 9.79 Å². The van der Waals surface area contributed by atoms with E-state index in [0.717, 1.165) is 40.8 Å². The van der Waals surface area contributed by atoms with E-state index in [9.17, 15) is 24.6 Å². The number of aliphatic imine (C=N–C) groups is 1. The lowest BCUT2D eigenvalue weighted by Crippen LogP contribution is -2.44. The molecule has 2 aliphatic rings. The second-order valence-corrected chi connectivity index (χ2v) is 16.4. The number of carboxylic acids is 1. The number of rotatable bonds is 14. The molecule has 1 saturated carbocycles. The number of nitrogens with zero attached hydrogens (tertiary/aromatic N) is 3. The monoisotopic (exact) mass is 769 g/mol. The Labute approximate surface area is 331 Å². The summed E-state index contributed by atoms with van der Waals surface area (Å²) in [5.74, 6) is -0.636. The Morgan fingerprint density at radius 3 is 2.43 bits per heavy atom. The summed E-state index contributed by atoms with van der Waals surface area (Å²) in [5.41, 5.74) is 4.95. The zero-order valence-electron chi connectivity index (χ0n) is 34.2. The Balaban J connectivity index is 1.47. The van der Waals surface area contributed by atoms with Crippen LogP contribution < -0.4 is 20.3 Å². The van der Waals surface area contributed by atoms with E-state index in [1.807, 2.05) is 61.6 Å². The first-order chi connectivity index (χ1) is 26.5. The van der Waals surface area contributed by atoms with Crippen molar-refractivity contribution in [3.05, 3.63) is 82.9 Å². The molecule has 2 amide bonds. The maximum Gasteiger partial charge on any atom is 0.335 e.